The van der Waals surface area contributed by atoms with Crippen molar-refractivity contribution in [3.05, 3.63) is 23.9 Å². The molecule has 1 aromatic heterocycles. The van der Waals surface area contributed by atoms with Crippen LogP contribution in [0, 0.1) is 0 Å². The van der Waals surface area contributed by atoms with Gasteiger partial charge in [0, 0.05) is 11.5 Å². The maximum Gasteiger partial charge on any atom is 0.331 e. The molecule has 0 radical (unpaired) electrons. The molecule has 19 heavy (non-hydrogen) atoms. The fraction of sp³-hybridized carbons (Fsp3) is 0.643. The smallest absolute Gasteiger partial charge is 0.331 e. The van der Waals surface area contributed by atoms with Crippen LogP contribution in [0.15, 0.2) is 16.7 Å². The highest BCUT2D eigenvalue weighted by Gasteiger charge is 2.15. The molecule has 0 aliphatic rings. The Bertz CT molecular complexity index is 426. The van der Waals surface area contributed by atoms with Crippen molar-refractivity contribution in [3.8, 4) is 0 Å². The summed E-state index contributed by atoms with van der Waals surface area (Å²) in [6, 6.07) is 0. The van der Waals surface area contributed by atoms with Crippen LogP contribution < -0.4 is 0 Å². The molecule has 1 atom stereocenters. The summed E-state index contributed by atoms with van der Waals surface area (Å²) >= 11 is 0. The maximum absolute atomic E-state index is 10.7. The zero-order valence-electron chi connectivity index (χ0n) is 11.7. The van der Waals surface area contributed by atoms with Gasteiger partial charge in [-0.3, -0.25) is 0 Å². The average molecular weight is 266 g/mol. The molecule has 0 saturated carbocycles. The first-order valence-corrected chi connectivity index (χ1v) is 6.78. The van der Waals surface area contributed by atoms with Crippen molar-refractivity contribution in [2.24, 2.45) is 0 Å². The first kappa shape index (κ1) is 15.4. The van der Waals surface area contributed by atoms with Crippen molar-refractivity contribution in [2.45, 2.75) is 58.3 Å². The zero-order valence-corrected chi connectivity index (χ0v) is 11.7. The van der Waals surface area contributed by atoms with E-state index in [0.717, 1.165) is 12.8 Å². The highest BCUT2D eigenvalue weighted by Crippen LogP contribution is 2.20. The molecule has 0 aliphatic heterocycles. The van der Waals surface area contributed by atoms with E-state index in [0.29, 0.717) is 11.7 Å². The minimum atomic E-state index is -1.03. The van der Waals surface area contributed by atoms with Crippen LogP contribution in [0.4, 0.5) is 0 Å². The van der Waals surface area contributed by atoms with Gasteiger partial charge in [-0.2, -0.15) is 4.98 Å². The van der Waals surface area contributed by atoms with Gasteiger partial charge >= 0.3 is 5.97 Å². The predicted molar refractivity (Wildman–Crippen MR) is 72.0 cm³/mol. The topological polar surface area (TPSA) is 76.2 Å². The monoisotopic (exact) mass is 266 g/mol. The maximum atomic E-state index is 10.7. The lowest BCUT2D eigenvalue weighted by Crippen LogP contribution is -2.03. The van der Waals surface area contributed by atoms with Crippen LogP contribution in [0.25, 0.3) is 0 Å². The number of hydrogen-bond acceptors (Lipinski definition) is 4. The molecule has 0 amide bonds. The Morgan fingerprint density at radius 1 is 1.42 bits per heavy atom. The molecular formula is C14H22N2O3. The average Bonchev–Trinajstić information content (AvgIpc) is 2.82. The Labute approximate surface area is 113 Å². The van der Waals surface area contributed by atoms with Crippen LogP contribution in [-0.2, 0) is 11.2 Å². The fourth-order valence-corrected chi connectivity index (χ4v) is 1.80. The summed E-state index contributed by atoms with van der Waals surface area (Å²) in [6.07, 6.45) is 5.98. The van der Waals surface area contributed by atoms with Gasteiger partial charge in [0.25, 0.3) is 0 Å². The Kier molecular flexibility index (Phi) is 6.25. The molecule has 0 bridgehead atoms. The molecule has 1 rings (SSSR count). The summed E-state index contributed by atoms with van der Waals surface area (Å²) in [6.45, 7) is 7.69. The van der Waals surface area contributed by atoms with E-state index < -0.39 is 5.97 Å². The molecule has 0 spiro atoms. The van der Waals surface area contributed by atoms with Gasteiger partial charge < -0.3 is 9.63 Å². The van der Waals surface area contributed by atoms with Gasteiger partial charge in [0.2, 0.25) is 5.89 Å². The minimum absolute atomic E-state index is 0.0609. The SMILES string of the molecule is C=C(Cc1nc(C(C)CCCCCC)no1)C(=O)O. The molecule has 1 unspecified atom stereocenters. The minimum Gasteiger partial charge on any atom is -0.478 e. The summed E-state index contributed by atoms with van der Waals surface area (Å²) in [5, 5.41) is 12.6. The molecular weight excluding hydrogens is 244 g/mol. The van der Waals surface area contributed by atoms with E-state index in [2.05, 4.69) is 30.6 Å². The summed E-state index contributed by atoms with van der Waals surface area (Å²) in [7, 11) is 0. The van der Waals surface area contributed by atoms with Crippen LogP contribution in [0.1, 0.15) is 63.6 Å². The second-order valence-electron chi connectivity index (χ2n) is 4.88. The molecule has 5 nitrogen and oxygen atoms in total. The van der Waals surface area contributed by atoms with Crippen LogP contribution >= 0.6 is 0 Å². The molecule has 0 saturated heterocycles. The van der Waals surface area contributed by atoms with Crippen molar-refractivity contribution in [2.75, 3.05) is 0 Å². The van der Waals surface area contributed by atoms with Crippen molar-refractivity contribution < 1.29 is 14.4 Å². The number of aliphatic carboxylic acids is 1. The first-order valence-electron chi connectivity index (χ1n) is 6.78. The molecule has 0 fully saturated rings. The van der Waals surface area contributed by atoms with E-state index in [9.17, 15) is 4.79 Å². The van der Waals surface area contributed by atoms with Crippen molar-refractivity contribution in [3.63, 3.8) is 0 Å². The second kappa shape index (κ2) is 7.71. The van der Waals surface area contributed by atoms with E-state index >= 15 is 0 Å². The molecule has 0 aliphatic carbocycles. The van der Waals surface area contributed by atoms with Gasteiger partial charge in [-0.1, -0.05) is 51.3 Å². The number of unbranched alkanes of at least 4 members (excludes halogenated alkanes) is 3. The van der Waals surface area contributed by atoms with E-state index in [1.165, 1.54) is 19.3 Å². The van der Waals surface area contributed by atoms with Crippen molar-refractivity contribution in [1.29, 1.82) is 0 Å². The molecule has 1 heterocycles. The molecule has 5 heteroatoms. The fourth-order valence-electron chi connectivity index (χ4n) is 1.80. The number of carboxylic acid groups (broad SMARTS) is 1. The van der Waals surface area contributed by atoms with Crippen molar-refractivity contribution >= 4 is 5.97 Å². The number of carboxylic acids is 1. The summed E-state index contributed by atoms with van der Waals surface area (Å²) in [4.78, 5) is 14.9. The lowest BCUT2D eigenvalue weighted by molar-refractivity contribution is -0.132. The van der Waals surface area contributed by atoms with E-state index in [1.54, 1.807) is 0 Å². The van der Waals surface area contributed by atoms with Gasteiger partial charge in [-0.15, -0.1) is 0 Å². The van der Waals surface area contributed by atoms with Crippen LogP contribution in [0.3, 0.4) is 0 Å². The number of carbonyl (C=O) groups is 1. The number of aromatic nitrogens is 2. The normalized spacial score (nSPS) is 12.3. The Morgan fingerprint density at radius 3 is 2.79 bits per heavy atom. The van der Waals surface area contributed by atoms with Gasteiger partial charge in [0.15, 0.2) is 5.82 Å². The quantitative estimate of drug-likeness (QED) is 0.548. The molecule has 106 valence electrons. The highest BCUT2D eigenvalue weighted by molar-refractivity contribution is 5.86. The number of nitrogens with zero attached hydrogens (tertiary/aromatic N) is 2. The van der Waals surface area contributed by atoms with Gasteiger partial charge in [-0.25, -0.2) is 4.79 Å². The Balaban J connectivity index is 2.44. The Hall–Kier alpha value is -1.65. The summed E-state index contributed by atoms with van der Waals surface area (Å²) in [5.41, 5.74) is 0.0609. The molecule has 0 aromatic carbocycles. The summed E-state index contributed by atoms with van der Waals surface area (Å²) < 4.78 is 5.05. The number of hydrogen-bond donors (Lipinski definition) is 1. The van der Waals surface area contributed by atoms with E-state index in [1.807, 2.05) is 0 Å². The second-order valence-corrected chi connectivity index (χ2v) is 4.88. The third kappa shape index (κ3) is 5.24. The molecule has 1 aromatic rings. The highest BCUT2D eigenvalue weighted by atomic mass is 16.5. The van der Waals surface area contributed by atoms with Gasteiger partial charge in [-0.05, 0) is 6.42 Å². The van der Waals surface area contributed by atoms with E-state index in [-0.39, 0.29) is 17.9 Å². The van der Waals surface area contributed by atoms with Crippen LogP contribution in [0.2, 0.25) is 0 Å². The standard InChI is InChI=1S/C14H22N2O3/c1-4-5-6-7-8-10(2)13-15-12(19-16-13)9-11(3)14(17)18/h10H,3-9H2,1-2H3,(H,17,18). The lowest BCUT2D eigenvalue weighted by Gasteiger charge is -2.05. The van der Waals surface area contributed by atoms with Crippen LogP contribution in [0.5, 0.6) is 0 Å². The Morgan fingerprint density at radius 2 is 2.16 bits per heavy atom. The first-order chi connectivity index (χ1) is 9.04. The third-order valence-corrected chi connectivity index (χ3v) is 3.08. The predicted octanol–water partition coefficient (Wildman–Crippen LogP) is 3.33. The summed E-state index contributed by atoms with van der Waals surface area (Å²) in [5.74, 6) is 0.187. The van der Waals surface area contributed by atoms with Gasteiger partial charge in [0.1, 0.15) is 0 Å². The third-order valence-electron chi connectivity index (χ3n) is 3.08. The largest absolute Gasteiger partial charge is 0.478 e. The van der Waals surface area contributed by atoms with Gasteiger partial charge in [0.05, 0.1) is 6.42 Å². The molecule has 1 N–H and O–H groups in total. The van der Waals surface area contributed by atoms with E-state index in [4.69, 9.17) is 9.63 Å². The lowest BCUT2D eigenvalue weighted by atomic mass is 10.0. The van der Waals surface area contributed by atoms with Crippen molar-refractivity contribution in [1.82, 2.24) is 10.1 Å². The van der Waals surface area contributed by atoms with Crippen LogP contribution in [-0.4, -0.2) is 21.2 Å². The zero-order chi connectivity index (χ0) is 14.3. The number of rotatable bonds is 9.